The quantitative estimate of drug-likeness (QED) is 0.556. The normalized spacial score (nSPS) is 25.6. The molecule has 1 aliphatic carbocycles. The highest BCUT2D eigenvalue weighted by atomic mass is 32.2. The van der Waals surface area contributed by atoms with Gasteiger partial charge in [-0.25, -0.2) is 8.42 Å². The highest BCUT2D eigenvalue weighted by Gasteiger charge is 2.44. The van der Waals surface area contributed by atoms with Gasteiger partial charge in [-0.05, 0) is 70.7 Å². The molecule has 0 radical (unpaired) electrons. The van der Waals surface area contributed by atoms with Crippen LogP contribution < -0.4 is 5.32 Å². The first-order valence-electron chi connectivity index (χ1n) is 12.4. The van der Waals surface area contributed by atoms with Crippen LogP contribution in [0.2, 0.25) is 0 Å². The van der Waals surface area contributed by atoms with Gasteiger partial charge >= 0.3 is 6.18 Å². The first kappa shape index (κ1) is 28.4. The predicted octanol–water partition coefficient (Wildman–Crippen LogP) is 3.35. The molecule has 0 bridgehead atoms. The largest absolute Gasteiger partial charge is 0.416 e. The Morgan fingerprint density at radius 3 is 2.53 bits per heavy atom. The fraction of sp³-hybridized carbons (Fsp3) is 0.680. The van der Waals surface area contributed by atoms with Crippen molar-refractivity contribution in [1.82, 2.24) is 15.1 Å². The molecule has 3 rings (SSSR count). The van der Waals surface area contributed by atoms with E-state index in [0.717, 1.165) is 24.6 Å². The molecule has 4 atom stereocenters. The third-order valence-corrected chi connectivity index (χ3v) is 9.43. The van der Waals surface area contributed by atoms with E-state index in [1.54, 1.807) is 11.8 Å². The predicted molar refractivity (Wildman–Crippen MR) is 131 cm³/mol. The molecule has 1 N–H and O–H groups in total. The van der Waals surface area contributed by atoms with Gasteiger partial charge in [-0.3, -0.25) is 9.59 Å². The standard InChI is InChI=1S/C25H36F3N3O4S/c1-5-36(34,35)15-18-14-20(30(4)16(2)3)9-10-22(18)31-12-11-21(24(31)33)29-23(32)17-7-6-8-19(13-17)25(26,27)28/h6-8,13,16,18,20-22H,5,9-12,14-15H2,1-4H3,(H,29,32)/t18-,20-,21+,22+/m1/s1. The summed E-state index contributed by atoms with van der Waals surface area (Å²) in [7, 11) is -1.24. The number of rotatable bonds is 8. The van der Waals surface area contributed by atoms with E-state index in [4.69, 9.17) is 0 Å². The van der Waals surface area contributed by atoms with Crippen LogP contribution in [-0.2, 0) is 20.8 Å². The molecule has 1 aliphatic heterocycles. The Bertz CT molecular complexity index is 1060. The van der Waals surface area contributed by atoms with Crippen LogP contribution in [0.1, 0.15) is 62.4 Å². The van der Waals surface area contributed by atoms with Crippen LogP contribution in [0.5, 0.6) is 0 Å². The lowest BCUT2D eigenvalue weighted by Gasteiger charge is -2.44. The van der Waals surface area contributed by atoms with Gasteiger partial charge in [0.05, 0.1) is 11.3 Å². The number of nitrogens with one attached hydrogen (secondary N) is 1. The second kappa shape index (κ2) is 11.1. The number of likely N-dealkylation sites (tertiary alicyclic amines) is 1. The van der Waals surface area contributed by atoms with Crippen LogP contribution in [0.4, 0.5) is 13.2 Å². The Labute approximate surface area is 211 Å². The van der Waals surface area contributed by atoms with E-state index in [1.807, 2.05) is 7.05 Å². The topological polar surface area (TPSA) is 86.8 Å². The Morgan fingerprint density at radius 1 is 1.22 bits per heavy atom. The van der Waals surface area contributed by atoms with E-state index in [9.17, 15) is 31.2 Å². The van der Waals surface area contributed by atoms with Crippen LogP contribution >= 0.6 is 0 Å². The van der Waals surface area contributed by atoms with Gasteiger partial charge in [0.2, 0.25) is 5.91 Å². The molecule has 36 heavy (non-hydrogen) atoms. The summed E-state index contributed by atoms with van der Waals surface area (Å²) < 4.78 is 64.1. The van der Waals surface area contributed by atoms with Crippen LogP contribution in [0.25, 0.3) is 0 Å². The summed E-state index contributed by atoms with van der Waals surface area (Å²) in [6.45, 7) is 6.16. The molecule has 1 saturated carbocycles. The molecule has 202 valence electrons. The third-order valence-electron chi connectivity index (χ3n) is 7.61. The molecule has 2 amide bonds. The van der Waals surface area contributed by atoms with Gasteiger partial charge in [0.1, 0.15) is 15.9 Å². The van der Waals surface area contributed by atoms with Crippen molar-refractivity contribution in [2.45, 2.75) is 76.8 Å². The zero-order valence-electron chi connectivity index (χ0n) is 21.2. The lowest BCUT2D eigenvalue weighted by molar-refractivity contribution is -0.137. The summed E-state index contributed by atoms with van der Waals surface area (Å²) in [5.74, 6) is -1.24. The van der Waals surface area contributed by atoms with Crippen LogP contribution in [0.15, 0.2) is 24.3 Å². The molecule has 1 aromatic rings. The van der Waals surface area contributed by atoms with Gasteiger partial charge in [-0.2, -0.15) is 13.2 Å². The number of hydrogen-bond donors (Lipinski definition) is 1. The summed E-state index contributed by atoms with van der Waals surface area (Å²) in [5.41, 5.74) is -1.10. The smallest absolute Gasteiger partial charge is 0.340 e. The fourth-order valence-electron chi connectivity index (χ4n) is 5.29. The summed E-state index contributed by atoms with van der Waals surface area (Å²) in [4.78, 5) is 29.8. The minimum Gasteiger partial charge on any atom is -0.340 e. The Balaban J connectivity index is 1.73. The maximum atomic E-state index is 13.3. The number of alkyl halides is 3. The van der Waals surface area contributed by atoms with Gasteiger partial charge in [0, 0.05) is 36.0 Å². The first-order chi connectivity index (χ1) is 16.7. The van der Waals surface area contributed by atoms with Gasteiger partial charge in [0.25, 0.3) is 5.91 Å². The van der Waals surface area contributed by atoms with Crippen molar-refractivity contribution in [2.24, 2.45) is 5.92 Å². The second-order valence-electron chi connectivity index (χ2n) is 10.2. The number of benzene rings is 1. The van der Waals surface area contributed by atoms with Gasteiger partial charge in [-0.1, -0.05) is 13.0 Å². The molecule has 2 fully saturated rings. The van der Waals surface area contributed by atoms with E-state index in [2.05, 4.69) is 24.1 Å². The lowest BCUT2D eigenvalue weighted by Crippen LogP contribution is -2.53. The summed E-state index contributed by atoms with van der Waals surface area (Å²) in [6, 6.07) is 3.50. The van der Waals surface area contributed by atoms with Crippen molar-refractivity contribution >= 4 is 21.7 Å². The minimum atomic E-state index is -4.58. The van der Waals surface area contributed by atoms with E-state index in [0.29, 0.717) is 31.8 Å². The van der Waals surface area contributed by atoms with Crippen LogP contribution in [-0.4, -0.2) is 79.3 Å². The zero-order valence-corrected chi connectivity index (χ0v) is 22.0. The molecular formula is C25H36F3N3O4S. The van der Waals surface area contributed by atoms with Gasteiger partial charge < -0.3 is 15.1 Å². The summed E-state index contributed by atoms with van der Waals surface area (Å²) >= 11 is 0. The molecule has 0 spiro atoms. The summed E-state index contributed by atoms with van der Waals surface area (Å²) in [6.07, 6.45) is -2.11. The number of nitrogens with zero attached hydrogens (tertiary/aromatic N) is 2. The number of halogens is 3. The van der Waals surface area contributed by atoms with Crippen LogP contribution in [0.3, 0.4) is 0 Å². The Morgan fingerprint density at radius 2 is 1.92 bits per heavy atom. The molecule has 11 heteroatoms. The van der Waals surface area contributed by atoms with E-state index < -0.39 is 33.5 Å². The molecule has 1 aromatic carbocycles. The maximum absolute atomic E-state index is 13.3. The average Bonchev–Trinajstić information content (AvgIpc) is 3.17. The number of hydrogen-bond acceptors (Lipinski definition) is 5. The molecular weight excluding hydrogens is 495 g/mol. The monoisotopic (exact) mass is 531 g/mol. The van der Waals surface area contributed by atoms with Crippen molar-refractivity contribution in [1.29, 1.82) is 0 Å². The Hall–Kier alpha value is -2.14. The number of amides is 2. The maximum Gasteiger partial charge on any atom is 0.416 e. The molecule has 1 saturated heterocycles. The van der Waals surface area contributed by atoms with Gasteiger partial charge in [0.15, 0.2) is 0 Å². The average molecular weight is 532 g/mol. The van der Waals surface area contributed by atoms with Crippen molar-refractivity contribution in [3.63, 3.8) is 0 Å². The van der Waals surface area contributed by atoms with Crippen LogP contribution in [0, 0.1) is 5.92 Å². The molecule has 1 heterocycles. The Kier molecular flexibility index (Phi) is 8.75. The van der Waals surface area contributed by atoms with E-state index in [1.165, 1.54) is 6.07 Å². The van der Waals surface area contributed by atoms with Gasteiger partial charge in [-0.15, -0.1) is 0 Å². The van der Waals surface area contributed by atoms with Crippen molar-refractivity contribution in [3.05, 3.63) is 35.4 Å². The van der Waals surface area contributed by atoms with E-state index in [-0.39, 0.29) is 41.0 Å². The lowest BCUT2D eigenvalue weighted by atomic mass is 9.81. The highest BCUT2D eigenvalue weighted by molar-refractivity contribution is 7.91. The third kappa shape index (κ3) is 6.59. The SMILES string of the molecule is CCS(=O)(=O)C[C@H]1C[C@H](N(C)C(C)C)CC[C@@H]1N1CC[C@H](NC(=O)c2cccc(C(F)(F)F)c2)C1=O. The number of sulfone groups is 1. The summed E-state index contributed by atoms with van der Waals surface area (Å²) in [5, 5.41) is 2.58. The second-order valence-corrected chi connectivity index (χ2v) is 12.6. The molecule has 7 nitrogen and oxygen atoms in total. The van der Waals surface area contributed by atoms with Crippen molar-refractivity contribution in [2.75, 3.05) is 25.1 Å². The molecule has 2 aliphatic rings. The van der Waals surface area contributed by atoms with Crippen molar-refractivity contribution < 1.29 is 31.2 Å². The number of carbonyl (C=O) groups is 2. The minimum absolute atomic E-state index is 0.00163. The first-order valence-corrected chi connectivity index (χ1v) is 14.3. The number of carbonyl (C=O) groups excluding carboxylic acids is 2. The highest BCUT2D eigenvalue weighted by Crippen LogP contribution is 2.35. The molecule has 0 aromatic heterocycles. The fourth-order valence-corrected chi connectivity index (χ4v) is 6.54. The van der Waals surface area contributed by atoms with E-state index >= 15 is 0 Å². The molecule has 0 unspecified atom stereocenters. The zero-order chi connectivity index (χ0) is 26.8. The van der Waals surface area contributed by atoms with Crippen molar-refractivity contribution in [3.8, 4) is 0 Å².